The van der Waals surface area contributed by atoms with E-state index in [1.807, 2.05) is 29.1 Å². The molecule has 31 heavy (non-hydrogen) atoms. The lowest BCUT2D eigenvalue weighted by Gasteiger charge is -2.57. The van der Waals surface area contributed by atoms with Gasteiger partial charge in [0.2, 0.25) is 0 Å². The third-order valence-electron chi connectivity index (χ3n) is 7.65. The molecule has 4 nitrogen and oxygen atoms in total. The van der Waals surface area contributed by atoms with Crippen LogP contribution in [-0.2, 0) is 13.1 Å². The summed E-state index contributed by atoms with van der Waals surface area (Å²) >= 11 is 6.18. The summed E-state index contributed by atoms with van der Waals surface area (Å²) in [6.07, 6.45) is 8.42. The lowest BCUT2D eigenvalue weighted by atomic mass is 9.53. The van der Waals surface area contributed by atoms with E-state index in [0.29, 0.717) is 12.1 Å². The molecule has 1 N–H and O–H groups in total. The van der Waals surface area contributed by atoms with Crippen LogP contribution in [0.2, 0.25) is 5.02 Å². The van der Waals surface area contributed by atoms with Gasteiger partial charge in [0, 0.05) is 22.7 Å². The average Bonchev–Trinajstić information content (AvgIpc) is 3.15. The van der Waals surface area contributed by atoms with Gasteiger partial charge in [-0.15, -0.1) is 0 Å². The molecule has 0 atom stereocenters. The van der Waals surface area contributed by atoms with E-state index in [2.05, 4.69) is 35.6 Å². The number of halogens is 1. The second kappa shape index (κ2) is 7.75. The minimum atomic E-state index is 0.319. The van der Waals surface area contributed by atoms with Gasteiger partial charge < -0.3 is 5.32 Å². The molecule has 160 valence electrons. The van der Waals surface area contributed by atoms with Gasteiger partial charge in [-0.2, -0.15) is 15.0 Å². The van der Waals surface area contributed by atoms with Crippen LogP contribution in [0.15, 0.2) is 54.6 Å². The van der Waals surface area contributed by atoms with Crippen LogP contribution in [-0.4, -0.2) is 20.5 Å². The largest absolute Gasteiger partial charge is 0.305 e. The highest BCUT2D eigenvalue weighted by atomic mass is 35.5. The predicted octanol–water partition coefficient (Wildman–Crippen LogP) is 5.71. The van der Waals surface area contributed by atoms with Crippen LogP contribution in [0.3, 0.4) is 0 Å². The third kappa shape index (κ3) is 3.92. The van der Waals surface area contributed by atoms with Crippen molar-refractivity contribution in [1.29, 1.82) is 0 Å². The zero-order chi connectivity index (χ0) is 20.8. The number of hydrogen-bond donors (Lipinski definition) is 1. The van der Waals surface area contributed by atoms with Crippen molar-refractivity contribution in [3.8, 4) is 11.3 Å². The summed E-state index contributed by atoms with van der Waals surface area (Å²) in [6, 6.07) is 18.4. The van der Waals surface area contributed by atoms with E-state index >= 15 is 0 Å². The molecule has 0 unspecified atom stereocenters. The fourth-order valence-corrected chi connectivity index (χ4v) is 7.00. The molecule has 1 aromatic heterocycles. The van der Waals surface area contributed by atoms with Crippen LogP contribution >= 0.6 is 11.6 Å². The molecular weight excluding hydrogens is 404 g/mol. The van der Waals surface area contributed by atoms with Gasteiger partial charge in [-0.05, 0) is 74.0 Å². The molecule has 0 aliphatic heterocycles. The van der Waals surface area contributed by atoms with Gasteiger partial charge in [0.15, 0.2) is 0 Å². The molecule has 0 radical (unpaired) electrons. The maximum atomic E-state index is 6.18. The summed E-state index contributed by atoms with van der Waals surface area (Å²) in [4.78, 5) is 1.82. The van der Waals surface area contributed by atoms with Crippen LogP contribution in [0.1, 0.15) is 49.8 Å². The summed E-state index contributed by atoms with van der Waals surface area (Å²) in [5.41, 5.74) is 4.59. The van der Waals surface area contributed by atoms with Gasteiger partial charge in [-0.25, -0.2) is 0 Å². The molecule has 7 rings (SSSR count). The number of nitrogens with one attached hydrogen (secondary N) is 1. The van der Waals surface area contributed by atoms with E-state index in [1.165, 1.54) is 38.5 Å². The number of aromatic nitrogens is 3. The van der Waals surface area contributed by atoms with Crippen molar-refractivity contribution in [1.82, 2.24) is 20.3 Å². The topological polar surface area (TPSA) is 42.7 Å². The molecular formula is C26H29ClN4. The smallest absolute Gasteiger partial charge is 0.117 e. The van der Waals surface area contributed by atoms with Crippen molar-refractivity contribution in [3.05, 3.63) is 70.9 Å². The van der Waals surface area contributed by atoms with Crippen molar-refractivity contribution in [3.63, 3.8) is 0 Å². The third-order valence-corrected chi connectivity index (χ3v) is 7.89. The first-order chi connectivity index (χ1) is 15.1. The van der Waals surface area contributed by atoms with Crippen LogP contribution in [0.25, 0.3) is 11.3 Å². The zero-order valence-electron chi connectivity index (χ0n) is 17.8. The fourth-order valence-electron chi connectivity index (χ4n) is 6.79. The fraction of sp³-hybridized carbons (Fsp3) is 0.462. The molecule has 4 fully saturated rings. The van der Waals surface area contributed by atoms with Crippen LogP contribution < -0.4 is 5.32 Å². The Hall–Kier alpha value is -2.17. The van der Waals surface area contributed by atoms with Crippen molar-refractivity contribution in [2.75, 3.05) is 0 Å². The molecule has 0 saturated heterocycles. The summed E-state index contributed by atoms with van der Waals surface area (Å²) < 4.78 is 0. The van der Waals surface area contributed by atoms with Gasteiger partial charge in [-0.1, -0.05) is 54.1 Å². The highest BCUT2D eigenvalue weighted by molar-refractivity contribution is 6.30. The van der Waals surface area contributed by atoms with Crippen LogP contribution in [0.5, 0.6) is 0 Å². The molecule has 3 aromatic rings. The SMILES string of the molecule is Clc1cccc(Cn2nc(CNC34CC5CC(CC(C5)C3)C4)c(-c3ccccc3)n2)c1. The van der Waals surface area contributed by atoms with E-state index in [9.17, 15) is 0 Å². The Labute approximate surface area is 189 Å². The Morgan fingerprint density at radius 3 is 2.29 bits per heavy atom. The van der Waals surface area contributed by atoms with Crippen LogP contribution in [0, 0.1) is 17.8 Å². The number of nitrogens with zero attached hydrogens (tertiary/aromatic N) is 3. The second-order valence-corrected chi connectivity index (χ2v) is 10.5. The maximum absolute atomic E-state index is 6.18. The Kier molecular flexibility index (Phi) is 4.88. The molecule has 0 spiro atoms. The number of hydrogen-bond acceptors (Lipinski definition) is 3. The Morgan fingerprint density at radius 2 is 1.61 bits per heavy atom. The summed E-state index contributed by atoms with van der Waals surface area (Å²) in [7, 11) is 0. The minimum Gasteiger partial charge on any atom is -0.305 e. The molecule has 4 aliphatic rings. The van der Waals surface area contributed by atoms with Crippen molar-refractivity contribution >= 4 is 11.6 Å². The van der Waals surface area contributed by atoms with E-state index in [-0.39, 0.29) is 0 Å². The quantitative estimate of drug-likeness (QED) is 0.542. The molecule has 4 bridgehead atoms. The van der Waals surface area contributed by atoms with Crippen molar-refractivity contribution in [2.45, 2.75) is 57.2 Å². The highest BCUT2D eigenvalue weighted by Gasteiger charge is 2.50. The van der Waals surface area contributed by atoms with E-state index in [0.717, 1.165) is 51.8 Å². The normalized spacial score (nSPS) is 28.9. The summed E-state index contributed by atoms with van der Waals surface area (Å²) in [5.74, 6) is 2.81. The molecule has 5 heteroatoms. The predicted molar refractivity (Wildman–Crippen MR) is 124 cm³/mol. The Bertz CT molecular complexity index is 1040. The van der Waals surface area contributed by atoms with Crippen LogP contribution in [0.4, 0.5) is 0 Å². The summed E-state index contributed by atoms with van der Waals surface area (Å²) in [5, 5.41) is 14.6. The number of rotatable bonds is 6. The van der Waals surface area contributed by atoms with Gasteiger partial charge in [0.1, 0.15) is 11.4 Å². The van der Waals surface area contributed by atoms with Gasteiger partial charge >= 0.3 is 0 Å². The second-order valence-electron chi connectivity index (χ2n) is 10.1. The monoisotopic (exact) mass is 432 g/mol. The highest BCUT2D eigenvalue weighted by Crippen LogP contribution is 2.55. The van der Waals surface area contributed by atoms with E-state index in [4.69, 9.17) is 21.8 Å². The maximum Gasteiger partial charge on any atom is 0.117 e. The zero-order valence-corrected chi connectivity index (χ0v) is 18.6. The molecule has 4 saturated carbocycles. The first kappa shape index (κ1) is 19.5. The standard InChI is InChI=1S/C26H29ClN4/c27-23-8-4-5-18(12-23)17-31-29-24(25(30-31)22-6-2-1-3-7-22)16-28-26-13-19-9-20(14-26)11-21(10-19)15-26/h1-8,12,19-21,28H,9-11,13-17H2. The summed E-state index contributed by atoms with van der Waals surface area (Å²) in [6.45, 7) is 1.41. The average molecular weight is 433 g/mol. The minimum absolute atomic E-state index is 0.319. The Morgan fingerprint density at radius 1 is 0.903 bits per heavy atom. The van der Waals surface area contributed by atoms with E-state index in [1.54, 1.807) is 0 Å². The van der Waals surface area contributed by atoms with Crippen molar-refractivity contribution in [2.24, 2.45) is 17.8 Å². The first-order valence-electron chi connectivity index (χ1n) is 11.6. The molecule has 4 aliphatic carbocycles. The van der Waals surface area contributed by atoms with Gasteiger partial charge in [0.25, 0.3) is 0 Å². The number of benzene rings is 2. The first-order valence-corrected chi connectivity index (χ1v) is 12.0. The molecule has 0 amide bonds. The molecule has 1 heterocycles. The Balaban J connectivity index is 1.27. The lowest BCUT2D eigenvalue weighted by Crippen LogP contribution is -2.58. The van der Waals surface area contributed by atoms with Gasteiger partial charge in [0.05, 0.1) is 6.54 Å². The van der Waals surface area contributed by atoms with Gasteiger partial charge in [-0.3, -0.25) is 0 Å². The lowest BCUT2D eigenvalue weighted by molar-refractivity contribution is -0.0207. The van der Waals surface area contributed by atoms with Crippen molar-refractivity contribution < 1.29 is 0 Å². The van der Waals surface area contributed by atoms with E-state index < -0.39 is 0 Å². The molecule has 2 aromatic carbocycles.